The fraction of sp³-hybridized carbons (Fsp3) is 0.208. The molecule has 1 aromatic heterocycles. The number of imide groups is 1. The van der Waals surface area contributed by atoms with Gasteiger partial charge < -0.3 is 4.90 Å². The molecule has 0 saturated heterocycles. The van der Waals surface area contributed by atoms with Crippen LogP contribution in [0.15, 0.2) is 72.9 Å². The quantitative estimate of drug-likeness (QED) is 0.647. The van der Waals surface area contributed by atoms with Crippen LogP contribution in [-0.4, -0.2) is 34.8 Å². The Morgan fingerprint density at radius 2 is 1.55 bits per heavy atom. The van der Waals surface area contributed by atoms with Crippen LogP contribution in [-0.2, 0) is 13.0 Å². The first-order valence-electron chi connectivity index (χ1n) is 9.88. The third kappa shape index (κ3) is 3.18. The number of carbonyl (C=O) groups is 2. The smallest absolute Gasteiger partial charge is 0.261 e. The van der Waals surface area contributed by atoms with E-state index in [1.807, 2.05) is 30.5 Å². The van der Waals surface area contributed by atoms with Crippen molar-refractivity contribution in [3.8, 4) is 0 Å². The van der Waals surface area contributed by atoms with Gasteiger partial charge in [-0.15, -0.1) is 0 Å². The molecule has 29 heavy (non-hydrogen) atoms. The van der Waals surface area contributed by atoms with Crippen LogP contribution in [0.5, 0.6) is 0 Å². The summed E-state index contributed by atoms with van der Waals surface area (Å²) in [5.41, 5.74) is 4.40. The fourth-order valence-electron chi connectivity index (χ4n) is 4.36. The Kier molecular flexibility index (Phi) is 4.35. The van der Waals surface area contributed by atoms with Crippen LogP contribution >= 0.6 is 0 Å². The minimum absolute atomic E-state index is 0.142. The molecule has 3 heterocycles. The summed E-state index contributed by atoms with van der Waals surface area (Å²) in [5, 5.41) is 0. The average molecular weight is 383 g/mol. The fourth-order valence-corrected chi connectivity index (χ4v) is 4.36. The first-order chi connectivity index (χ1) is 14.2. The molecule has 0 bridgehead atoms. The summed E-state index contributed by atoms with van der Waals surface area (Å²) in [6.45, 7) is 1.97. The number of rotatable bonds is 4. The highest BCUT2D eigenvalue weighted by molar-refractivity contribution is 6.21. The molecular formula is C24H21N3O2. The molecule has 2 aromatic carbocycles. The van der Waals surface area contributed by atoms with E-state index in [-0.39, 0.29) is 17.7 Å². The number of benzene rings is 2. The molecule has 0 fully saturated rings. The monoisotopic (exact) mass is 383 g/mol. The first kappa shape index (κ1) is 17.6. The van der Waals surface area contributed by atoms with Gasteiger partial charge in [-0.05, 0) is 36.2 Å². The number of amides is 2. The van der Waals surface area contributed by atoms with E-state index in [0.29, 0.717) is 17.7 Å². The molecule has 3 aromatic rings. The third-order valence-electron chi connectivity index (χ3n) is 5.70. The number of anilines is 1. The lowest BCUT2D eigenvalue weighted by Gasteiger charge is -2.36. The van der Waals surface area contributed by atoms with Crippen LogP contribution in [0.3, 0.4) is 0 Å². The van der Waals surface area contributed by atoms with Crippen molar-refractivity contribution < 1.29 is 9.59 Å². The molecule has 1 atom stereocenters. The highest BCUT2D eigenvalue weighted by Crippen LogP contribution is 2.31. The van der Waals surface area contributed by atoms with Crippen molar-refractivity contribution in [1.82, 2.24) is 9.88 Å². The predicted octanol–water partition coefficient (Wildman–Crippen LogP) is 3.56. The van der Waals surface area contributed by atoms with Crippen LogP contribution in [0.25, 0.3) is 0 Å². The molecule has 0 spiro atoms. The zero-order valence-corrected chi connectivity index (χ0v) is 16.0. The molecular weight excluding hydrogens is 362 g/mol. The molecule has 1 unspecified atom stereocenters. The number of hydrogen-bond acceptors (Lipinski definition) is 4. The Morgan fingerprint density at radius 1 is 0.862 bits per heavy atom. The summed E-state index contributed by atoms with van der Waals surface area (Å²) in [6.07, 6.45) is 2.57. The average Bonchev–Trinajstić information content (AvgIpc) is 3.00. The lowest BCUT2D eigenvalue weighted by atomic mass is 9.95. The Morgan fingerprint density at radius 3 is 2.28 bits per heavy atom. The van der Waals surface area contributed by atoms with Crippen molar-refractivity contribution in [3.05, 3.63) is 95.3 Å². The van der Waals surface area contributed by atoms with Crippen LogP contribution in [0, 0.1) is 5.92 Å². The van der Waals surface area contributed by atoms with Crippen molar-refractivity contribution >= 4 is 17.5 Å². The van der Waals surface area contributed by atoms with Crippen molar-refractivity contribution in [1.29, 1.82) is 0 Å². The maximum atomic E-state index is 12.8. The molecule has 2 amide bonds. The lowest BCUT2D eigenvalue weighted by molar-refractivity contribution is 0.0628. The maximum absolute atomic E-state index is 12.8. The van der Waals surface area contributed by atoms with Gasteiger partial charge in [-0.2, -0.15) is 0 Å². The van der Waals surface area contributed by atoms with E-state index >= 15 is 0 Å². The molecule has 5 nitrogen and oxygen atoms in total. The topological polar surface area (TPSA) is 53.5 Å². The number of pyridine rings is 1. The van der Waals surface area contributed by atoms with Gasteiger partial charge in [0.1, 0.15) is 0 Å². The zero-order chi connectivity index (χ0) is 19.8. The van der Waals surface area contributed by atoms with E-state index in [1.54, 1.807) is 24.3 Å². The van der Waals surface area contributed by atoms with E-state index < -0.39 is 0 Å². The zero-order valence-electron chi connectivity index (χ0n) is 16.0. The summed E-state index contributed by atoms with van der Waals surface area (Å²) in [5.74, 6) is -0.234. The third-order valence-corrected chi connectivity index (χ3v) is 5.70. The second-order valence-electron chi connectivity index (χ2n) is 7.67. The van der Waals surface area contributed by atoms with Crippen molar-refractivity contribution in [2.75, 3.05) is 18.0 Å². The molecule has 0 saturated carbocycles. The second-order valence-corrected chi connectivity index (χ2v) is 7.67. The normalized spacial score (nSPS) is 18.0. The predicted molar refractivity (Wildman–Crippen MR) is 111 cm³/mol. The lowest BCUT2D eigenvalue weighted by Crippen LogP contribution is -2.43. The van der Waals surface area contributed by atoms with Gasteiger partial charge in [-0.25, -0.2) is 0 Å². The van der Waals surface area contributed by atoms with E-state index in [2.05, 4.69) is 28.1 Å². The van der Waals surface area contributed by atoms with Crippen LogP contribution in [0.4, 0.5) is 5.69 Å². The van der Waals surface area contributed by atoms with E-state index in [9.17, 15) is 9.59 Å². The number of nitrogens with zero attached hydrogens (tertiary/aromatic N) is 3. The van der Waals surface area contributed by atoms with Gasteiger partial charge in [-0.1, -0.05) is 42.5 Å². The summed E-state index contributed by atoms with van der Waals surface area (Å²) in [7, 11) is 0. The number of carbonyl (C=O) groups excluding carboxylic acids is 2. The Balaban J connectivity index is 1.39. The summed E-state index contributed by atoms with van der Waals surface area (Å²) in [6, 6.07) is 21.5. The van der Waals surface area contributed by atoms with E-state index in [1.165, 1.54) is 10.5 Å². The van der Waals surface area contributed by atoms with Crippen LogP contribution in [0.2, 0.25) is 0 Å². The van der Waals surface area contributed by atoms with E-state index in [4.69, 9.17) is 0 Å². The van der Waals surface area contributed by atoms with Crippen molar-refractivity contribution in [3.63, 3.8) is 0 Å². The van der Waals surface area contributed by atoms with Gasteiger partial charge in [0.05, 0.1) is 22.5 Å². The standard InChI is InChI=1S/C24H21N3O2/c28-23-19-9-4-5-10-20(19)24(29)27(23)16-18-13-21-22(11-6-12-25-21)26(15-18)14-17-7-2-1-3-8-17/h1-12,18H,13-16H2. The highest BCUT2D eigenvalue weighted by Gasteiger charge is 2.37. The Bertz CT molecular complexity index is 1050. The Hall–Kier alpha value is -3.47. The van der Waals surface area contributed by atoms with Crippen LogP contribution in [0.1, 0.15) is 32.0 Å². The molecule has 0 N–H and O–H groups in total. The molecule has 2 aliphatic heterocycles. The number of hydrogen-bond donors (Lipinski definition) is 0. The minimum atomic E-state index is -0.188. The molecule has 5 heteroatoms. The molecule has 5 rings (SSSR count). The SMILES string of the molecule is O=C1c2ccccc2C(=O)N1CC1Cc2ncccc2N(Cc2ccccc2)C1. The summed E-state index contributed by atoms with van der Waals surface area (Å²) >= 11 is 0. The summed E-state index contributed by atoms with van der Waals surface area (Å²) < 4.78 is 0. The molecule has 2 aliphatic rings. The molecule has 144 valence electrons. The maximum Gasteiger partial charge on any atom is 0.261 e. The Labute approximate surface area is 169 Å². The van der Waals surface area contributed by atoms with Gasteiger partial charge >= 0.3 is 0 Å². The number of aromatic nitrogens is 1. The molecule has 0 aliphatic carbocycles. The number of fused-ring (bicyclic) bond motifs is 2. The minimum Gasteiger partial charge on any atom is -0.365 e. The van der Waals surface area contributed by atoms with Gasteiger partial charge in [0.15, 0.2) is 0 Å². The summed E-state index contributed by atoms with van der Waals surface area (Å²) in [4.78, 5) is 33.8. The van der Waals surface area contributed by atoms with Crippen molar-refractivity contribution in [2.45, 2.75) is 13.0 Å². The van der Waals surface area contributed by atoms with E-state index in [0.717, 1.165) is 30.9 Å². The second kappa shape index (κ2) is 7.17. The first-order valence-corrected chi connectivity index (χ1v) is 9.88. The van der Waals surface area contributed by atoms with Gasteiger partial charge in [0.25, 0.3) is 11.8 Å². The highest BCUT2D eigenvalue weighted by atomic mass is 16.2. The van der Waals surface area contributed by atoms with Gasteiger partial charge in [-0.3, -0.25) is 19.5 Å². The largest absolute Gasteiger partial charge is 0.365 e. The molecule has 0 radical (unpaired) electrons. The van der Waals surface area contributed by atoms with Crippen LogP contribution < -0.4 is 4.90 Å². The van der Waals surface area contributed by atoms with Gasteiger partial charge in [0, 0.05) is 31.7 Å². The van der Waals surface area contributed by atoms with Gasteiger partial charge in [0.2, 0.25) is 0 Å². The van der Waals surface area contributed by atoms with Crippen molar-refractivity contribution in [2.24, 2.45) is 5.92 Å².